The Morgan fingerprint density at radius 1 is 1.26 bits per heavy atom. The van der Waals surface area contributed by atoms with Gasteiger partial charge in [0.1, 0.15) is 5.60 Å². The van der Waals surface area contributed by atoms with Gasteiger partial charge in [-0.2, -0.15) is 0 Å². The molecule has 0 aromatic carbocycles. The molecule has 2 heteroatoms. The predicted octanol–water partition coefficient (Wildman–Crippen LogP) is 4.76. The lowest BCUT2D eigenvalue weighted by Crippen LogP contribution is -2.48. The number of hydrogen-bond donors (Lipinski definition) is 0. The van der Waals surface area contributed by atoms with Gasteiger partial charge in [0.2, 0.25) is 0 Å². The van der Waals surface area contributed by atoms with E-state index in [9.17, 15) is 4.79 Å². The van der Waals surface area contributed by atoms with Gasteiger partial charge in [-0.3, -0.25) is 4.79 Å². The highest BCUT2D eigenvalue weighted by molar-refractivity contribution is 5.87. The molecule has 1 aliphatic rings. The molecule has 1 aliphatic carbocycles. The molecule has 0 aliphatic heterocycles. The zero-order valence-corrected chi connectivity index (χ0v) is 13.3. The highest BCUT2D eigenvalue weighted by Gasteiger charge is 2.44. The molecule has 0 spiro atoms. The number of methoxy groups -OCH3 is 1. The normalized spacial score (nSPS) is 27.7. The first-order valence-electron chi connectivity index (χ1n) is 8.11. The molecule has 2 unspecified atom stereocenters. The number of ether oxygens (including phenoxy) is 1. The fraction of sp³-hybridized carbons (Fsp3) is 0.941. The van der Waals surface area contributed by atoms with E-state index in [0.29, 0.717) is 18.1 Å². The van der Waals surface area contributed by atoms with Gasteiger partial charge in [-0.15, -0.1) is 0 Å². The Morgan fingerprint density at radius 3 is 2.58 bits per heavy atom. The fourth-order valence-electron chi connectivity index (χ4n) is 3.38. The Kier molecular flexibility index (Phi) is 7.06. The Bertz CT molecular complexity index is 272. The van der Waals surface area contributed by atoms with Gasteiger partial charge in [0, 0.05) is 13.5 Å². The topological polar surface area (TPSA) is 26.3 Å². The van der Waals surface area contributed by atoms with E-state index in [2.05, 4.69) is 20.8 Å². The predicted molar refractivity (Wildman–Crippen MR) is 80.3 cm³/mol. The summed E-state index contributed by atoms with van der Waals surface area (Å²) < 4.78 is 5.70. The van der Waals surface area contributed by atoms with Crippen LogP contribution < -0.4 is 0 Å². The lowest BCUT2D eigenvalue weighted by atomic mass is 9.72. The van der Waals surface area contributed by atoms with Gasteiger partial charge >= 0.3 is 0 Å². The highest BCUT2D eigenvalue weighted by atomic mass is 16.5. The summed E-state index contributed by atoms with van der Waals surface area (Å²) in [7, 11) is 1.72. The van der Waals surface area contributed by atoms with E-state index in [4.69, 9.17) is 4.74 Å². The Labute approximate surface area is 119 Å². The van der Waals surface area contributed by atoms with Gasteiger partial charge in [-0.05, 0) is 31.1 Å². The monoisotopic (exact) mass is 268 g/mol. The smallest absolute Gasteiger partial charge is 0.164 e. The van der Waals surface area contributed by atoms with E-state index >= 15 is 0 Å². The summed E-state index contributed by atoms with van der Waals surface area (Å²) >= 11 is 0. The van der Waals surface area contributed by atoms with Crippen molar-refractivity contribution in [3.63, 3.8) is 0 Å². The average molecular weight is 268 g/mol. The molecule has 0 amide bonds. The molecule has 2 nitrogen and oxygen atoms in total. The van der Waals surface area contributed by atoms with Crippen LogP contribution in [0.5, 0.6) is 0 Å². The number of carbonyl (C=O) groups excluding carboxylic acids is 1. The molecule has 1 rings (SSSR count). The summed E-state index contributed by atoms with van der Waals surface area (Å²) in [6.45, 7) is 6.70. The Hall–Kier alpha value is -0.370. The molecule has 19 heavy (non-hydrogen) atoms. The van der Waals surface area contributed by atoms with E-state index in [1.54, 1.807) is 7.11 Å². The number of hydrogen-bond acceptors (Lipinski definition) is 2. The zero-order valence-electron chi connectivity index (χ0n) is 13.3. The van der Waals surface area contributed by atoms with Crippen LogP contribution in [0.15, 0.2) is 0 Å². The molecule has 1 fully saturated rings. The number of Topliss-reactive ketones (excluding diaryl/α,β-unsaturated/α-hetero) is 1. The van der Waals surface area contributed by atoms with Crippen LogP contribution in [0.1, 0.15) is 78.6 Å². The second kappa shape index (κ2) is 8.04. The van der Waals surface area contributed by atoms with Crippen LogP contribution in [0.4, 0.5) is 0 Å². The van der Waals surface area contributed by atoms with Gasteiger partial charge < -0.3 is 4.74 Å². The van der Waals surface area contributed by atoms with E-state index in [1.165, 1.54) is 25.7 Å². The summed E-state index contributed by atoms with van der Waals surface area (Å²) in [5.41, 5.74) is -0.462. The van der Waals surface area contributed by atoms with Crippen LogP contribution in [0.3, 0.4) is 0 Å². The van der Waals surface area contributed by atoms with E-state index in [1.807, 2.05) is 0 Å². The summed E-state index contributed by atoms with van der Waals surface area (Å²) in [6, 6.07) is 0. The Morgan fingerprint density at radius 2 is 2.00 bits per heavy atom. The quantitative estimate of drug-likeness (QED) is 0.593. The lowest BCUT2D eigenvalue weighted by Gasteiger charge is -2.40. The molecule has 0 saturated heterocycles. The summed E-state index contributed by atoms with van der Waals surface area (Å²) in [6.07, 6.45) is 9.88. The van der Waals surface area contributed by atoms with Crippen molar-refractivity contribution in [3.8, 4) is 0 Å². The maximum atomic E-state index is 12.5. The molecule has 2 atom stereocenters. The second-order valence-electron chi connectivity index (χ2n) is 6.66. The van der Waals surface area contributed by atoms with E-state index in [-0.39, 0.29) is 0 Å². The van der Waals surface area contributed by atoms with Gasteiger partial charge in [-0.1, -0.05) is 52.9 Å². The summed E-state index contributed by atoms with van der Waals surface area (Å²) in [4.78, 5) is 12.5. The fourth-order valence-corrected chi connectivity index (χ4v) is 3.38. The first-order valence-corrected chi connectivity index (χ1v) is 8.11. The first kappa shape index (κ1) is 16.7. The maximum Gasteiger partial charge on any atom is 0.164 e. The van der Waals surface area contributed by atoms with Crippen molar-refractivity contribution in [3.05, 3.63) is 0 Å². The number of carbonyl (C=O) groups is 1. The van der Waals surface area contributed by atoms with Crippen LogP contribution in [0.25, 0.3) is 0 Å². The van der Waals surface area contributed by atoms with Gasteiger partial charge in [-0.25, -0.2) is 0 Å². The minimum Gasteiger partial charge on any atom is -0.370 e. The van der Waals surface area contributed by atoms with Crippen molar-refractivity contribution in [1.82, 2.24) is 0 Å². The lowest BCUT2D eigenvalue weighted by molar-refractivity contribution is -0.152. The number of ketones is 1. The van der Waals surface area contributed by atoms with Crippen LogP contribution in [0, 0.1) is 11.8 Å². The molecule has 0 radical (unpaired) electrons. The van der Waals surface area contributed by atoms with Crippen molar-refractivity contribution in [2.45, 2.75) is 84.2 Å². The van der Waals surface area contributed by atoms with E-state index in [0.717, 1.165) is 31.6 Å². The molecule has 112 valence electrons. The molecule has 0 aromatic heterocycles. The van der Waals surface area contributed by atoms with Crippen molar-refractivity contribution >= 4 is 5.78 Å². The largest absolute Gasteiger partial charge is 0.370 e. The molecule has 1 saturated carbocycles. The zero-order chi connectivity index (χ0) is 14.3. The highest BCUT2D eigenvalue weighted by Crippen LogP contribution is 2.38. The summed E-state index contributed by atoms with van der Waals surface area (Å²) in [5.74, 6) is 1.51. The molecular weight excluding hydrogens is 236 g/mol. The molecule has 0 N–H and O–H groups in total. The van der Waals surface area contributed by atoms with Gasteiger partial charge in [0.05, 0.1) is 0 Å². The van der Waals surface area contributed by atoms with Crippen LogP contribution in [-0.4, -0.2) is 18.5 Å². The van der Waals surface area contributed by atoms with E-state index < -0.39 is 5.60 Å². The third-order valence-electron chi connectivity index (χ3n) is 4.75. The minimum absolute atomic E-state index is 0.353. The molecule has 0 heterocycles. The van der Waals surface area contributed by atoms with Crippen LogP contribution in [-0.2, 0) is 9.53 Å². The van der Waals surface area contributed by atoms with Gasteiger partial charge in [0.25, 0.3) is 0 Å². The van der Waals surface area contributed by atoms with Crippen molar-refractivity contribution in [1.29, 1.82) is 0 Å². The number of unbranched alkanes of at least 4 members (excludes halogenated alkanes) is 2. The average Bonchev–Trinajstić information content (AvgIpc) is 2.38. The molecule has 0 aromatic rings. The minimum atomic E-state index is -0.462. The first-order chi connectivity index (χ1) is 9.03. The number of rotatable bonds is 8. The van der Waals surface area contributed by atoms with Gasteiger partial charge in [0.15, 0.2) is 5.78 Å². The second-order valence-corrected chi connectivity index (χ2v) is 6.66. The molecule has 0 bridgehead atoms. The Balaban J connectivity index is 2.37. The van der Waals surface area contributed by atoms with Crippen molar-refractivity contribution in [2.24, 2.45) is 11.8 Å². The van der Waals surface area contributed by atoms with Crippen LogP contribution >= 0.6 is 0 Å². The molecular formula is C17H32O2. The van der Waals surface area contributed by atoms with Crippen LogP contribution in [0.2, 0.25) is 0 Å². The maximum absolute atomic E-state index is 12.5. The van der Waals surface area contributed by atoms with Crippen molar-refractivity contribution in [2.75, 3.05) is 7.11 Å². The SMILES string of the molecule is COC1(C(=O)CCCCCC(C)C)CCCCC1C. The third-order valence-corrected chi connectivity index (χ3v) is 4.75. The third kappa shape index (κ3) is 4.59. The summed E-state index contributed by atoms with van der Waals surface area (Å²) in [5, 5.41) is 0. The van der Waals surface area contributed by atoms with Crippen molar-refractivity contribution < 1.29 is 9.53 Å². The standard InChI is InChI=1S/C17H32O2/c1-14(2)10-6-5-7-12-16(18)17(19-4)13-9-8-11-15(17)3/h14-15H,5-13H2,1-4H3.